The Bertz CT molecular complexity index is 519. The molecule has 18 heavy (non-hydrogen) atoms. The maximum Gasteiger partial charge on any atom is 0.157 e. The number of aliphatic hydroxyl groups is 1. The third kappa shape index (κ3) is 3.36. The highest BCUT2D eigenvalue weighted by Gasteiger charge is 2.31. The zero-order valence-corrected chi connectivity index (χ0v) is 12.1. The molecular weight excluding hydrogens is 297 g/mol. The quantitative estimate of drug-likeness (QED) is 0.868. The van der Waals surface area contributed by atoms with Gasteiger partial charge in [-0.3, -0.25) is 0 Å². The van der Waals surface area contributed by atoms with Gasteiger partial charge in [0, 0.05) is 15.8 Å². The van der Waals surface area contributed by atoms with E-state index in [1.54, 1.807) is 12.1 Å². The van der Waals surface area contributed by atoms with Crippen molar-refractivity contribution >= 4 is 33.0 Å². The predicted molar refractivity (Wildman–Crippen MR) is 73.7 cm³/mol. The van der Waals surface area contributed by atoms with E-state index in [1.807, 2.05) is 0 Å². The number of nitrogens with two attached hydrogens (primary N) is 1. The molecule has 0 amide bonds. The van der Waals surface area contributed by atoms with Crippen LogP contribution in [0.25, 0.3) is 0 Å². The Morgan fingerprint density at radius 2 is 2.00 bits per heavy atom. The maximum atomic E-state index is 11.8. The van der Waals surface area contributed by atoms with E-state index in [2.05, 4.69) is 0 Å². The van der Waals surface area contributed by atoms with Gasteiger partial charge in [0.15, 0.2) is 9.84 Å². The van der Waals surface area contributed by atoms with Crippen LogP contribution in [-0.2, 0) is 9.84 Å². The molecule has 0 bridgehead atoms. The average Bonchev–Trinajstić information content (AvgIpc) is 2.29. The summed E-state index contributed by atoms with van der Waals surface area (Å²) in [7, 11) is -3.45. The zero-order chi connectivity index (χ0) is 13.9. The van der Waals surface area contributed by atoms with E-state index in [0.717, 1.165) is 0 Å². The van der Waals surface area contributed by atoms with Crippen molar-refractivity contribution in [1.82, 2.24) is 0 Å². The summed E-state index contributed by atoms with van der Waals surface area (Å²) in [5.41, 5.74) is 6.35. The van der Waals surface area contributed by atoms with E-state index in [4.69, 9.17) is 28.9 Å². The first-order valence-corrected chi connectivity index (χ1v) is 7.83. The van der Waals surface area contributed by atoms with E-state index in [-0.39, 0.29) is 5.75 Å². The van der Waals surface area contributed by atoms with Crippen LogP contribution in [0.4, 0.5) is 0 Å². The molecule has 0 spiro atoms. The first kappa shape index (κ1) is 15.7. The Morgan fingerprint density at radius 1 is 1.39 bits per heavy atom. The normalized spacial score (nSPS) is 15.4. The molecule has 0 saturated heterocycles. The van der Waals surface area contributed by atoms with Crippen molar-refractivity contribution in [3.63, 3.8) is 0 Å². The Hall–Kier alpha value is -0.330. The Labute approximate surface area is 117 Å². The lowest BCUT2D eigenvalue weighted by Crippen LogP contribution is -2.37. The fourth-order valence-corrected chi connectivity index (χ4v) is 3.42. The predicted octanol–water partition coefficient (Wildman–Crippen LogP) is 1.79. The van der Waals surface area contributed by atoms with Gasteiger partial charge in [-0.2, -0.15) is 0 Å². The molecule has 0 radical (unpaired) electrons. The van der Waals surface area contributed by atoms with Crippen LogP contribution in [0.1, 0.15) is 18.5 Å². The molecule has 2 atom stereocenters. The highest BCUT2D eigenvalue weighted by Crippen LogP contribution is 2.29. The highest BCUT2D eigenvalue weighted by atomic mass is 35.5. The lowest BCUT2D eigenvalue weighted by molar-refractivity contribution is 0.277. The van der Waals surface area contributed by atoms with E-state index in [9.17, 15) is 13.5 Å². The minimum Gasteiger partial charge on any atom is -0.395 e. The van der Waals surface area contributed by atoms with Gasteiger partial charge in [-0.05, 0) is 17.7 Å². The van der Waals surface area contributed by atoms with Gasteiger partial charge in [-0.15, -0.1) is 0 Å². The standard InChI is InChI=1S/C11H15Cl2NO3S/c1-2-18(16,17)10(6-15)11(14)8-4-3-7(12)5-9(8)13/h3-5,10-11,15H,2,6,14H2,1H3/t10-,11-/m0/s1. The van der Waals surface area contributed by atoms with Crippen molar-refractivity contribution in [3.05, 3.63) is 33.8 Å². The van der Waals surface area contributed by atoms with Gasteiger partial charge in [-0.1, -0.05) is 36.2 Å². The monoisotopic (exact) mass is 311 g/mol. The van der Waals surface area contributed by atoms with Crippen LogP contribution in [0.5, 0.6) is 0 Å². The molecule has 1 rings (SSSR count). The van der Waals surface area contributed by atoms with Gasteiger partial charge in [0.1, 0.15) is 5.25 Å². The van der Waals surface area contributed by atoms with Gasteiger partial charge >= 0.3 is 0 Å². The molecule has 1 aromatic carbocycles. The minimum atomic E-state index is -3.45. The van der Waals surface area contributed by atoms with E-state index in [0.29, 0.717) is 15.6 Å². The molecule has 1 aromatic rings. The second kappa shape index (κ2) is 6.21. The summed E-state index contributed by atoms with van der Waals surface area (Å²) in [5.74, 6) is -0.0862. The molecule has 4 nitrogen and oxygen atoms in total. The molecule has 0 aliphatic carbocycles. The fourth-order valence-electron chi connectivity index (χ4n) is 1.64. The second-order valence-electron chi connectivity index (χ2n) is 3.86. The molecule has 3 N–H and O–H groups in total. The Morgan fingerprint density at radius 3 is 2.44 bits per heavy atom. The minimum absolute atomic E-state index is 0.0862. The average molecular weight is 312 g/mol. The van der Waals surface area contributed by atoms with Crippen molar-refractivity contribution in [1.29, 1.82) is 0 Å². The topological polar surface area (TPSA) is 80.4 Å². The van der Waals surface area contributed by atoms with E-state index < -0.39 is 27.7 Å². The zero-order valence-electron chi connectivity index (χ0n) is 9.81. The molecule has 7 heteroatoms. The third-order valence-corrected chi connectivity index (χ3v) is 5.50. The van der Waals surface area contributed by atoms with Crippen molar-refractivity contribution in [2.24, 2.45) is 5.73 Å². The molecular formula is C11H15Cl2NO3S. The van der Waals surface area contributed by atoms with Crippen LogP contribution in [0.15, 0.2) is 18.2 Å². The summed E-state index contributed by atoms with van der Waals surface area (Å²) in [5, 5.41) is 8.90. The van der Waals surface area contributed by atoms with Crippen molar-refractivity contribution in [2.75, 3.05) is 12.4 Å². The highest BCUT2D eigenvalue weighted by molar-refractivity contribution is 7.92. The van der Waals surface area contributed by atoms with Crippen LogP contribution in [0, 0.1) is 0 Å². The third-order valence-electron chi connectivity index (χ3n) is 2.77. The van der Waals surface area contributed by atoms with Crippen LogP contribution in [0.3, 0.4) is 0 Å². The summed E-state index contributed by atoms with van der Waals surface area (Å²) in [6.45, 7) is 0.963. The maximum absolute atomic E-state index is 11.8. The smallest absolute Gasteiger partial charge is 0.157 e. The number of halogens is 2. The van der Waals surface area contributed by atoms with Crippen molar-refractivity contribution in [2.45, 2.75) is 18.2 Å². The van der Waals surface area contributed by atoms with Gasteiger partial charge < -0.3 is 10.8 Å². The summed E-state index contributed by atoms with van der Waals surface area (Å²) in [6.07, 6.45) is 0. The largest absolute Gasteiger partial charge is 0.395 e. The summed E-state index contributed by atoms with van der Waals surface area (Å²) < 4.78 is 23.6. The summed E-state index contributed by atoms with van der Waals surface area (Å²) in [4.78, 5) is 0. The molecule has 0 unspecified atom stereocenters. The van der Waals surface area contributed by atoms with Crippen molar-refractivity contribution in [3.8, 4) is 0 Å². The molecule has 0 aliphatic heterocycles. The molecule has 0 heterocycles. The molecule has 102 valence electrons. The van der Waals surface area contributed by atoms with Crippen molar-refractivity contribution < 1.29 is 13.5 Å². The van der Waals surface area contributed by atoms with Crippen LogP contribution in [-0.4, -0.2) is 31.1 Å². The summed E-state index contributed by atoms with van der Waals surface area (Å²) in [6, 6.07) is 3.76. The number of hydrogen-bond donors (Lipinski definition) is 2. The first-order valence-electron chi connectivity index (χ1n) is 5.36. The first-order chi connectivity index (χ1) is 8.33. The molecule has 0 aliphatic rings. The van der Waals surface area contributed by atoms with Gasteiger partial charge in [0.25, 0.3) is 0 Å². The van der Waals surface area contributed by atoms with Gasteiger partial charge in [-0.25, -0.2) is 8.42 Å². The fraction of sp³-hybridized carbons (Fsp3) is 0.455. The van der Waals surface area contributed by atoms with Crippen LogP contribution < -0.4 is 5.73 Å². The van der Waals surface area contributed by atoms with Crippen LogP contribution in [0.2, 0.25) is 10.0 Å². The number of sulfone groups is 1. The Kier molecular flexibility index (Phi) is 5.43. The number of rotatable bonds is 5. The molecule has 0 fully saturated rings. The SMILES string of the molecule is CCS(=O)(=O)[C@@H](CO)[C@@H](N)c1ccc(Cl)cc1Cl. The number of hydrogen-bond acceptors (Lipinski definition) is 4. The van der Waals surface area contributed by atoms with Gasteiger partial charge in [0.2, 0.25) is 0 Å². The Balaban J connectivity index is 3.15. The van der Waals surface area contributed by atoms with E-state index in [1.165, 1.54) is 13.0 Å². The van der Waals surface area contributed by atoms with Gasteiger partial charge in [0.05, 0.1) is 12.6 Å². The molecule has 0 saturated carbocycles. The summed E-state index contributed by atoms with van der Waals surface area (Å²) >= 11 is 11.7. The van der Waals surface area contributed by atoms with E-state index >= 15 is 0 Å². The number of aliphatic hydroxyl groups excluding tert-OH is 1. The molecule has 0 aromatic heterocycles. The number of benzene rings is 1. The van der Waals surface area contributed by atoms with Crippen LogP contribution >= 0.6 is 23.2 Å². The lowest BCUT2D eigenvalue weighted by atomic mass is 10.0. The lowest BCUT2D eigenvalue weighted by Gasteiger charge is -2.22. The second-order valence-corrected chi connectivity index (χ2v) is 7.22.